The Morgan fingerprint density at radius 3 is 2.73 bits per heavy atom. The number of thiophene rings is 1. The van der Waals surface area contributed by atoms with Crippen LogP contribution in [-0.4, -0.2) is 16.1 Å². The lowest BCUT2D eigenvalue weighted by Gasteiger charge is -2.01. The number of aromatic amines is 1. The zero-order valence-corrected chi connectivity index (χ0v) is 13.5. The van der Waals surface area contributed by atoms with E-state index in [0.717, 1.165) is 14.7 Å². The van der Waals surface area contributed by atoms with Crippen LogP contribution in [0.25, 0.3) is 21.5 Å². The van der Waals surface area contributed by atoms with Crippen LogP contribution >= 0.6 is 27.3 Å². The van der Waals surface area contributed by atoms with Crippen molar-refractivity contribution in [1.29, 1.82) is 0 Å². The maximum atomic E-state index is 14.0. The lowest BCUT2D eigenvalue weighted by Crippen LogP contribution is -1.98. The molecule has 0 atom stereocenters. The number of aromatic nitrogens is 1. The fraction of sp³-hybridized carbons (Fsp3) is 0.133. The molecule has 2 aromatic heterocycles. The second-order valence-electron chi connectivity index (χ2n) is 4.79. The Bertz CT molecular complexity index is 872. The van der Waals surface area contributed by atoms with Gasteiger partial charge in [-0.25, -0.2) is 8.78 Å². The number of carbonyl (C=O) groups is 1. The summed E-state index contributed by atoms with van der Waals surface area (Å²) in [6, 6.07) is 5.74. The molecule has 2 N–H and O–H groups in total. The topological polar surface area (TPSA) is 53.1 Å². The maximum absolute atomic E-state index is 14.0. The van der Waals surface area contributed by atoms with Crippen molar-refractivity contribution in [2.24, 2.45) is 0 Å². The van der Waals surface area contributed by atoms with E-state index in [1.807, 2.05) is 12.1 Å². The lowest BCUT2D eigenvalue weighted by molar-refractivity contribution is -0.136. The molecule has 114 valence electrons. The molecule has 0 saturated heterocycles. The summed E-state index contributed by atoms with van der Waals surface area (Å²) in [6.45, 7) is 0. The third-order valence-electron chi connectivity index (χ3n) is 3.34. The summed E-state index contributed by atoms with van der Waals surface area (Å²) in [6.07, 6.45) is 0.0910. The minimum Gasteiger partial charge on any atom is -0.481 e. The highest BCUT2D eigenvalue weighted by atomic mass is 79.9. The Hall–Kier alpha value is -1.73. The third-order valence-corrected chi connectivity index (χ3v) is 4.98. The van der Waals surface area contributed by atoms with Crippen LogP contribution in [0.4, 0.5) is 8.78 Å². The summed E-state index contributed by atoms with van der Waals surface area (Å²) in [5.74, 6) is -2.32. The highest BCUT2D eigenvalue weighted by Gasteiger charge is 2.18. The number of carboxylic acid groups (broad SMARTS) is 1. The molecule has 0 spiro atoms. The van der Waals surface area contributed by atoms with Crippen LogP contribution < -0.4 is 0 Å². The molecule has 3 rings (SSSR count). The molecule has 3 nitrogen and oxygen atoms in total. The first-order valence-corrected chi connectivity index (χ1v) is 8.03. The van der Waals surface area contributed by atoms with Crippen molar-refractivity contribution in [3.05, 3.63) is 45.2 Å². The molecule has 1 aromatic carbocycles. The predicted octanol–water partition coefficient (Wildman–Crippen LogP) is 4.95. The fourth-order valence-electron chi connectivity index (χ4n) is 2.42. The molecule has 0 bridgehead atoms. The van der Waals surface area contributed by atoms with Crippen molar-refractivity contribution in [3.63, 3.8) is 0 Å². The molecule has 22 heavy (non-hydrogen) atoms. The van der Waals surface area contributed by atoms with Gasteiger partial charge in [0.25, 0.3) is 0 Å². The molecule has 0 fully saturated rings. The molecular formula is C15H10BrF2NO2S. The number of rotatable bonds is 4. The summed E-state index contributed by atoms with van der Waals surface area (Å²) >= 11 is 4.80. The van der Waals surface area contributed by atoms with E-state index >= 15 is 0 Å². The first-order valence-electron chi connectivity index (χ1n) is 6.43. The lowest BCUT2D eigenvalue weighted by atomic mass is 10.0. The van der Waals surface area contributed by atoms with Gasteiger partial charge in [-0.1, -0.05) is 0 Å². The van der Waals surface area contributed by atoms with Gasteiger partial charge in [0.2, 0.25) is 0 Å². The fourth-order valence-corrected chi connectivity index (χ4v) is 3.84. The van der Waals surface area contributed by atoms with Crippen LogP contribution in [0.3, 0.4) is 0 Å². The smallest absolute Gasteiger partial charge is 0.303 e. The van der Waals surface area contributed by atoms with Gasteiger partial charge in [-0.3, -0.25) is 4.79 Å². The second kappa shape index (κ2) is 5.81. The molecule has 0 amide bonds. The average Bonchev–Trinajstić information content (AvgIpc) is 3.00. The van der Waals surface area contributed by atoms with Gasteiger partial charge in [0, 0.05) is 17.9 Å². The van der Waals surface area contributed by atoms with Crippen LogP contribution in [0.1, 0.15) is 12.0 Å². The normalized spacial score (nSPS) is 11.2. The van der Waals surface area contributed by atoms with Crippen LogP contribution in [0.15, 0.2) is 28.1 Å². The average molecular weight is 386 g/mol. The molecule has 0 aliphatic rings. The van der Waals surface area contributed by atoms with Crippen LogP contribution in [0, 0.1) is 11.6 Å². The van der Waals surface area contributed by atoms with Crippen molar-refractivity contribution in [2.75, 3.05) is 0 Å². The largest absolute Gasteiger partial charge is 0.481 e. The van der Waals surface area contributed by atoms with E-state index in [1.165, 1.54) is 17.4 Å². The molecule has 0 aliphatic carbocycles. The molecule has 0 unspecified atom stereocenters. The molecule has 3 aromatic rings. The Morgan fingerprint density at radius 1 is 1.32 bits per heavy atom. The first kappa shape index (κ1) is 15.2. The first-order chi connectivity index (χ1) is 10.5. The molecule has 7 heteroatoms. The van der Waals surface area contributed by atoms with Gasteiger partial charge in [-0.2, -0.15) is 0 Å². The van der Waals surface area contributed by atoms with E-state index in [4.69, 9.17) is 5.11 Å². The van der Waals surface area contributed by atoms with E-state index in [-0.39, 0.29) is 18.4 Å². The predicted molar refractivity (Wildman–Crippen MR) is 85.2 cm³/mol. The number of fused-ring (bicyclic) bond motifs is 1. The summed E-state index contributed by atoms with van der Waals surface area (Å²) < 4.78 is 28.4. The number of hydrogen-bond donors (Lipinski definition) is 2. The van der Waals surface area contributed by atoms with E-state index in [1.54, 1.807) is 0 Å². The Labute approximate surface area is 136 Å². The van der Waals surface area contributed by atoms with Gasteiger partial charge in [0.1, 0.15) is 11.6 Å². The van der Waals surface area contributed by atoms with Gasteiger partial charge in [0.15, 0.2) is 0 Å². The highest BCUT2D eigenvalue weighted by Crippen LogP contribution is 2.37. The summed E-state index contributed by atoms with van der Waals surface area (Å²) in [4.78, 5) is 14.7. The van der Waals surface area contributed by atoms with Crippen LogP contribution in [0.2, 0.25) is 0 Å². The van der Waals surface area contributed by atoms with Crippen molar-refractivity contribution < 1.29 is 18.7 Å². The van der Waals surface area contributed by atoms with E-state index in [0.29, 0.717) is 16.6 Å². The maximum Gasteiger partial charge on any atom is 0.303 e. The molecule has 0 saturated carbocycles. The standard InChI is InChI=1S/C15H10BrF2NO2S/c16-12-3-2-11(22-12)15-8(1-4-13(20)21)9-5-7(17)6-10(18)14(9)19-15/h2-3,5-6,19H,1,4H2,(H,20,21). The number of aliphatic carboxylic acids is 1. The number of aryl methyl sites for hydroxylation is 1. The molecule has 0 radical (unpaired) electrons. The summed E-state index contributed by atoms with van der Waals surface area (Å²) in [7, 11) is 0. The number of halogens is 3. The monoisotopic (exact) mass is 385 g/mol. The zero-order valence-electron chi connectivity index (χ0n) is 11.1. The number of H-pyrrole nitrogens is 1. The van der Waals surface area contributed by atoms with E-state index < -0.39 is 17.6 Å². The third kappa shape index (κ3) is 2.78. The second-order valence-corrected chi connectivity index (χ2v) is 7.25. The molecular weight excluding hydrogens is 376 g/mol. The van der Waals surface area contributed by atoms with Crippen LogP contribution in [-0.2, 0) is 11.2 Å². The van der Waals surface area contributed by atoms with E-state index in [2.05, 4.69) is 20.9 Å². The van der Waals surface area contributed by atoms with Crippen molar-refractivity contribution in [1.82, 2.24) is 4.98 Å². The Balaban J connectivity index is 2.23. The van der Waals surface area contributed by atoms with Gasteiger partial charge < -0.3 is 10.1 Å². The van der Waals surface area contributed by atoms with E-state index in [9.17, 15) is 13.6 Å². The highest BCUT2D eigenvalue weighted by molar-refractivity contribution is 9.11. The summed E-state index contributed by atoms with van der Waals surface area (Å²) in [5.41, 5.74) is 1.45. The minimum atomic E-state index is -0.954. The molecule has 0 aliphatic heterocycles. The van der Waals surface area contributed by atoms with Crippen molar-refractivity contribution in [3.8, 4) is 10.6 Å². The SMILES string of the molecule is O=C(O)CCc1c(-c2ccc(Br)s2)[nH]c2c(F)cc(F)cc12. The minimum absolute atomic E-state index is 0.107. The van der Waals surface area contributed by atoms with Gasteiger partial charge >= 0.3 is 5.97 Å². The molecule has 2 heterocycles. The van der Waals surface area contributed by atoms with Gasteiger partial charge in [0.05, 0.1) is 19.9 Å². The number of hydrogen-bond acceptors (Lipinski definition) is 2. The number of nitrogens with one attached hydrogen (secondary N) is 1. The van der Waals surface area contributed by atoms with Crippen molar-refractivity contribution >= 4 is 44.1 Å². The number of carboxylic acids is 1. The van der Waals surface area contributed by atoms with Crippen LogP contribution in [0.5, 0.6) is 0 Å². The Kier molecular flexibility index (Phi) is 4.01. The summed E-state index contributed by atoms with van der Waals surface area (Å²) in [5, 5.41) is 9.28. The zero-order chi connectivity index (χ0) is 15.9. The quantitative estimate of drug-likeness (QED) is 0.667. The van der Waals surface area contributed by atoms with Gasteiger partial charge in [-0.15, -0.1) is 11.3 Å². The Morgan fingerprint density at radius 2 is 2.09 bits per heavy atom. The van der Waals surface area contributed by atoms with Gasteiger partial charge in [-0.05, 0) is 46.1 Å². The van der Waals surface area contributed by atoms with Crippen molar-refractivity contribution in [2.45, 2.75) is 12.8 Å². The number of benzene rings is 1.